The van der Waals surface area contributed by atoms with Crippen LogP contribution >= 0.6 is 11.6 Å². The van der Waals surface area contributed by atoms with Gasteiger partial charge in [-0.2, -0.15) is 0 Å². The fourth-order valence-electron chi connectivity index (χ4n) is 4.03. The lowest BCUT2D eigenvalue weighted by atomic mass is 9.97. The van der Waals surface area contributed by atoms with E-state index in [1.807, 2.05) is 24.3 Å². The van der Waals surface area contributed by atoms with Crippen LogP contribution in [0.2, 0.25) is 5.02 Å². The molecule has 0 spiro atoms. The first-order valence-electron chi connectivity index (χ1n) is 10.3. The average Bonchev–Trinajstić information content (AvgIpc) is 2.75. The van der Waals surface area contributed by atoms with Gasteiger partial charge in [0.05, 0.1) is 18.0 Å². The Morgan fingerprint density at radius 1 is 1.16 bits per heavy atom. The molecular formula is C23H24ClN3O4. The van der Waals surface area contributed by atoms with Gasteiger partial charge in [-0.15, -0.1) is 0 Å². The first kappa shape index (κ1) is 21.2. The molecule has 3 amide bonds. The third-order valence-corrected chi connectivity index (χ3v) is 5.91. The first-order valence-corrected chi connectivity index (χ1v) is 10.7. The second-order valence-corrected chi connectivity index (χ2v) is 8.27. The summed E-state index contributed by atoms with van der Waals surface area (Å²) in [4.78, 5) is 38.6. The van der Waals surface area contributed by atoms with Crippen molar-refractivity contribution >= 4 is 35.0 Å². The van der Waals surface area contributed by atoms with Crippen LogP contribution in [0.15, 0.2) is 42.5 Å². The van der Waals surface area contributed by atoms with Crippen molar-refractivity contribution in [3.8, 4) is 5.75 Å². The molecule has 0 bridgehead atoms. The number of nitrogens with zero attached hydrogens (tertiary/aromatic N) is 1. The Kier molecular flexibility index (Phi) is 6.13. The Morgan fingerprint density at radius 3 is 2.65 bits per heavy atom. The number of benzene rings is 2. The van der Waals surface area contributed by atoms with Crippen molar-refractivity contribution in [2.45, 2.75) is 38.3 Å². The summed E-state index contributed by atoms with van der Waals surface area (Å²) in [6, 6.07) is 11.9. The Morgan fingerprint density at radius 2 is 1.90 bits per heavy atom. The molecule has 2 aromatic carbocycles. The average molecular weight is 442 g/mol. The predicted octanol–water partition coefficient (Wildman–Crippen LogP) is 3.54. The number of piperidine rings is 1. The number of likely N-dealkylation sites (tertiary alicyclic amines) is 1. The van der Waals surface area contributed by atoms with Crippen molar-refractivity contribution < 1.29 is 19.1 Å². The molecule has 0 aliphatic carbocycles. The van der Waals surface area contributed by atoms with Gasteiger partial charge in [-0.05, 0) is 29.8 Å². The molecule has 0 radical (unpaired) electrons. The summed E-state index contributed by atoms with van der Waals surface area (Å²) >= 11 is 6.16. The van der Waals surface area contributed by atoms with Crippen LogP contribution in [0.5, 0.6) is 5.75 Å². The molecule has 1 atom stereocenters. The highest BCUT2D eigenvalue weighted by atomic mass is 35.5. The molecule has 162 valence electrons. The smallest absolute Gasteiger partial charge is 0.255 e. The van der Waals surface area contributed by atoms with E-state index in [0.717, 1.165) is 5.56 Å². The highest BCUT2D eigenvalue weighted by Gasteiger charge is 2.28. The molecule has 2 aliphatic heterocycles. The highest BCUT2D eigenvalue weighted by Crippen LogP contribution is 2.32. The van der Waals surface area contributed by atoms with Crippen molar-refractivity contribution in [1.29, 1.82) is 0 Å². The van der Waals surface area contributed by atoms with Crippen molar-refractivity contribution in [2.24, 2.45) is 0 Å². The Bertz CT molecular complexity index is 1020. The van der Waals surface area contributed by atoms with Crippen LogP contribution in [0.1, 0.15) is 48.1 Å². The molecule has 31 heavy (non-hydrogen) atoms. The van der Waals surface area contributed by atoms with Gasteiger partial charge in [-0.25, -0.2) is 0 Å². The molecule has 2 aliphatic rings. The molecule has 7 nitrogen and oxygen atoms in total. The van der Waals surface area contributed by atoms with Crippen LogP contribution in [0.25, 0.3) is 0 Å². The largest absolute Gasteiger partial charge is 0.489 e. The third-order valence-electron chi connectivity index (χ3n) is 5.67. The van der Waals surface area contributed by atoms with Crippen LogP contribution in [-0.2, 0) is 9.59 Å². The van der Waals surface area contributed by atoms with E-state index in [-0.39, 0.29) is 30.2 Å². The zero-order valence-electron chi connectivity index (χ0n) is 17.2. The Labute approximate surface area is 185 Å². The minimum Gasteiger partial charge on any atom is -0.489 e. The van der Waals surface area contributed by atoms with E-state index < -0.39 is 6.04 Å². The molecule has 2 heterocycles. The number of fused-ring (bicyclic) bond motifs is 1. The molecule has 4 rings (SSSR count). The van der Waals surface area contributed by atoms with Gasteiger partial charge in [-0.3, -0.25) is 14.4 Å². The minimum absolute atomic E-state index is 0.0572. The fourth-order valence-corrected chi connectivity index (χ4v) is 4.20. The predicted molar refractivity (Wildman–Crippen MR) is 117 cm³/mol. The van der Waals surface area contributed by atoms with Crippen molar-refractivity contribution in [2.75, 3.05) is 18.4 Å². The molecule has 0 unspecified atom stereocenters. The van der Waals surface area contributed by atoms with E-state index in [4.69, 9.17) is 16.3 Å². The number of halogens is 1. The third kappa shape index (κ3) is 4.82. The van der Waals surface area contributed by atoms with Gasteiger partial charge < -0.3 is 20.3 Å². The number of rotatable bonds is 4. The number of hydrogen-bond donors (Lipinski definition) is 2. The fraction of sp³-hybridized carbons (Fsp3) is 0.348. The monoisotopic (exact) mass is 441 g/mol. The lowest BCUT2D eigenvalue weighted by Gasteiger charge is -2.32. The van der Waals surface area contributed by atoms with E-state index in [2.05, 4.69) is 10.6 Å². The van der Waals surface area contributed by atoms with Crippen molar-refractivity contribution in [1.82, 2.24) is 10.2 Å². The zero-order valence-corrected chi connectivity index (χ0v) is 17.9. The quantitative estimate of drug-likeness (QED) is 0.759. The summed E-state index contributed by atoms with van der Waals surface area (Å²) in [5, 5.41) is 6.20. The van der Waals surface area contributed by atoms with E-state index in [1.165, 1.54) is 0 Å². The molecule has 8 heteroatoms. The van der Waals surface area contributed by atoms with Gasteiger partial charge in [0.15, 0.2) is 0 Å². The first-order chi connectivity index (χ1) is 14.9. The standard InChI is InChI=1S/C23H24ClN3O4/c1-14(28)27-10-8-16(9-11-27)31-21-7-6-15(24)12-18(21)23(30)26-20-13-22(29)25-19-5-3-2-4-17(19)20/h2-7,12,16,20H,8-11,13H2,1H3,(H,25,29)(H,26,30)/t20-/m0/s1. The van der Waals surface area contributed by atoms with Crippen LogP contribution in [-0.4, -0.2) is 41.8 Å². The summed E-state index contributed by atoms with van der Waals surface area (Å²) in [6.45, 7) is 2.82. The number of para-hydroxylation sites is 1. The second kappa shape index (κ2) is 8.98. The SMILES string of the molecule is CC(=O)N1CCC(Oc2ccc(Cl)cc2C(=O)N[C@H]2CC(=O)Nc3ccccc32)CC1. The summed E-state index contributed by atoms with van der Waals surface area (Å²) in [6.07, 6.45) is 1.45. The molecule has 0 aromatic heterocycles. The molecular weight excluding hydrogens is 418 g/mol. The maximum Gasteiger partial charge on any atom is 0.255 e. The van der Waals surface area contributed by atoms with Gasteiger partial charge in [0.1, 0.15) is 11.9 Å². The summed E-state index contributed by atoms with van der Waals surface area (Å²) < 4.78 is 6.13. The van der Waals surface area contributed by atoms with Gasteiger partial charge in [-0.1, -0.05) is 29.8 Å². The van der Waals surface area contributed by atoms with Gasteiger partial charge in [0.25, 0.3) is 5.91 Å². The van der Waals surface area contributed by atoms with Gasteiger partial charge in [0, 0.05) is 43.6 Å². The molecule has 2 N–H and O–H groups in total. The van der Waals surface area contributed by atoms with E-state index in [1.54, 1.807) is 30.0 Å². The minimum atomic E-state index is -0.442. The van der Waals surface area contributed by atoms with Crippen LogP contribution < -0.4 is 15.4 Å². The number of nitrogens with one attached hydrogen (secondary N) is 2. The number of carbonyl (C=O) groups is 3. The number of hydrogen-bond acceptors (Lipinski definition) is 4. The molecule has 2 aromatic rings. The number of anilines is 1. The second-order valence-electron chi connectivity index (χ2n) is 7.83. The molecule has 0 saturated carbocycles. The maximum absolute atomic E-state index is 13.2. The van der Waals surface area contributed by atoms with Gasteiger partial charge >= 0.3 is 0 Å². The van der Waals surface area contributed by atoms with E-state index in [0.29, 0.717) is 48.0 Å². The summed E-state index contributed by atoms with van der Waals surface area (Å²) in [7, 11) is 0. The maximum atomic E-state index is 13.2. The molecule has 1 fully saturated rings. The van der Waals surface area contributed by atoms with Crippen molar-refractivity contribution in [3.05, 3.63) is 58.6 Å². The van der Waals surface area contributed by atoms with E-state index in [9.17, 15) is 14.4 Å². The van der Waals surface area contributed by atoms with Gasteiger partial charge in [0.2, 0.25) is 11.8 Å². The van der Waals surface area contributed by atoms with Crippen molar-refractivity contribution in [3.63, 3.8) is 0 Å². The molecule has 1 saturated heterocycles. The van der Waals surface area contributed by atoms with Crippen LogP contribution in [0.3, 0.4) is 0 Å². The Balaban J connectivity index is 1.51. The number of ether oxygens (including phenoxy) is 1. The normalized spacial score (nSPS) is 18.7. The van der Waals surface area contributed by atoms with Crippen LogP contribution in [0.4, 0.5) is 5.69 Å². The topological polar surface area (TPSA) is 87.7 Å². The van der Waals surface area contributed by atoms with E-state index >= 15 is 0 Å². The lowest BCUT2D eigenvalue weighted by Crippen LogP contribution is -2.41. The summed E-state index contributed by atoms with van der Waals surface area (Å²) in [5.74, 6) is -0.00416. The summed E-state index contributed by atoms with van der Waals surface area (Å²) in [5.41, 5.74) is 1.88. The number of amides is 3. The van der Waals surface area contributed by atoms with Crippen LogP contribution in [0, 0.1) is 0 Å². The number of carbonyl (C=O) groups excluding carboxylic acids is 3. The Hall–Kier alpha value is -3.06. The lowest BCUT2D eigenvalue weighted by molar-refractivity contribution is -0.130. The zero-order chi connectivity index (χ0) is 22.0. The highest BCUT2D eigenvalue weighted by molar-refractivity contribution is 6.31.